The van der Waals surface area contributed by atoms with Crippen molar-refractivity contribution in [3.05, 3.63) is 45.6 Å². The largest absolute Gasteiger partial charge is 0.351 e. The second-order valence-electron chi connectivity index (χ2n) is 8.96. The predicted molar refractivity (Wildman–Crippen MR) is 122 cm³/mol. The molecule has 1 aliphatic heterocycles. The quantitative estimate of drug-likeness (QED) is 0.628. The minimum Gasteiger partial charge on any atom is -0.351 e. The van der Waals surface area contributed by atoms with E-state index in [0.717, 1.165) is 46.7 Å². The molecule has 1 N–H and O–H groups in total. The lowest BCUT2D eigenvalue weighted by molar-refractivity contribution is -0.134. The van der Waals surface area contributed by atoms with Crippen LogP contribution in [0.1, 0.15) is 54.9 Å². The van der Waals surface area contributed by atoms with Gasteiger partial charge in [-0.25, -0.2) is 0 Å². The van der Waals surface area contributed by atoms with E-state index in [1.54, 1.807) is 27.6 Å². The maximum atomic E-state index is 13.6. The number of hydrogen-bond acceptors (Lipinski definition) is 4. The van der Waals surface area contributed by atoms with Gasteiger partial charge in [-0.05, 0) is 67.5 Å². The van der Waals surface area contributed by atoms with Crippen LogP contribution in [0.5, 0.6) is 0 Å². The highest BCUT2D eigenvalue weighted by Gasteiger charge is 2.48. The lowest BCUT2D eigenvalue weighted by Gasteiger charge is -2.44. The van der Waals surface area contributed by atoms with Crippen molar-refractivity contribution in [1.29, 1.82) is 0 Å². The molecule has 5 rings (SSSR count). The van der Waals surface area contributed by atoms with E-state index in [1.165, 1.54) is 0 Å². The average molecular weight is 442 g/mol. The molecular formula is C23H27N3O2S2. The third kappa shape index (κ3) is 3.28. The zero-order valence-electron chi connectivity index (χ0n) is 17.4. The number of carbonyl (C=O) groups excluding carboxylic acids is 2. The van der Waals surface area contributed by atoms with E-state index in [4.69, 9.17) is 0 Å². The van der Waals surface area contributed by atoms with Gasteiger partial charge in [-0.2, -0.15) is 0 Å². The van der Waals surface area contributed by atoms with Crippen LogP contribution in [0, 0.1) is 5.92 Å². The zero-order valence-corrected chi connectivity index (χ0v) is 19.0. The van der Waals surface area contributed by atoms with Gasteiger partial charge in [-0.1, -0.05) is 13.0 Å². The maximum Gasteiger partial charge on any atom is 0.271 e. The normalized spacial score (nSPS) is 26.7. The third-order valence-electron chi connectivity index (χ3n) is 6.78. The molecule has 1 saturated carbocycles. The van der Waals surface area contributed by atoms with E-state index in [1.807, 2.05) is 46.5 Å². The Labute approximate surface area is 184 Å². The number of thiophene rings is 2. The van der Waals surface area contributed by atoms with Gasteiger partial charge in [0, 0.05) is 10.9 Å². The fourth-order valence-electron chi connectivity index (χ4n) is 4.82. The monoisotopic (exact) mass is 441 g/mol. The summed E-state index contributed by atoms with van der Waals surface area (Å²) in [6, 6.07) is 8.26. The predicted octanol–water partition coefficient (Wildman–Crippen LogP) is 4.87. The molecule has 4 heterocycles. The van der Waals surface area contributed by atoms with Crippen LogP contribution in [-0.2, 0) is 17.9 Å². The first-order valence-corrected chi connectivity index (χ1v) is 12.4. The molecule has 0 spiro atoms. The first kappa shape index (κ1) is 19.8. The molecule has 30 heavy (non-hydrogen) atoms. The van der Waals surface area contributed by atoms with Gasteiger partial charge in [0.2, 0.25) is 5.91 Å². The molecule has 158 valence electrons. The Morgan fingerprint density at radius 3 is 2.73 bits per heavy atom. The van der Waals surface area contributed by atoms with Gasteiger partial charge in [-0.15, -0.1) is 22.7 Å². The first-order valence-electron chi connectivity index (χ1n) is 10.7. The summed E-state index contributed by atoms with van der Waals surface area (Å²) in [5, 5.41) is 7.36. The number of nitrogens with one attached hydrogen (secondary N) is 1. The van der Waals surface area contributed by atoms with Crippen LogP contribution in [-0.4, -0.2) is 32.9 Å². The minimum absolute atomic E-state index is 0.0327. The molecule has 5 nitrogen and oxygen atoms in total. The number of nitrogens with zero attached hydrogens (tertiary/aromatic N) is 2. The SMILES string of the molecule is CC1CCC(NC(=O)C2(C)Cn3c(cc4sccc43)C(=O)N2Cc2cccs2)CC1. The summed E-state index contributed by atoms with van der Waals surface area (Å²) in [7, 11) is 0. The molecule has 1 unspecified atom stereocenters. The van der Waals surface area contributed by atoms with Gasteiger partial charge in [0.25, 0.3) is 5.91 Å². The molecule has 0 radical (unpaired) electrons. The van der Waals surface area contributed by atoms with Crippen LogP contribution in [0.25, 0.3) is 10.2 Å². The molecule has 1 aliphatic carbocycles. The standard InChI is InChI=1S/C23H27N3O2S2/c1-15-5-7-16(8-6-15)24-22(28)23(2)14-25-18-9-11-30-20(18)12-19(25)21(27)26(23)13-17-4-3-10-29-17/h3-4,9-12,15-16H,5-8,13-14H2,1-2H3,(H,24,28). The summed E-state index contributed by atoms with van der Waals surface area (Å²) in [4.78, 5) is 30.1. The molecule has 0 aromatic carbocycles. The fraction of sp³-hybridized carbons (Fsp3) is 0.478. The molecule has 0 bridgehead atoms. The van der Waals surface area contributed by atoms with Crippen LogP contribution in [0.15, 0.2) is 35.0 Å². The first-order chi connectivity index (χ1) is 14.5. The van der Waals surface area contributed by atoms with Crippen LogP contribution in [0.2, 0.25) is 0 Å². The number of amides is 2. The third-order valence-corrected chi connectivity index (χ3v) is 8.50. The van der Waals surface area contributed by atoms with Crippen molar-refractivity contribution in [2.24, 2.45) is 5.92 Å². The van der Waals surface area contributed by atoms with Gasteiger partial charge in [0.05, 0.1) is 23.3 Å². The second-order valence-corrected chi connectivity index (χ2v) is 10.9. The number of carbonyl (C=O) groups is 2. The van der Waals surface area contributed by atoms with Crippen LogP contribution < -0.4 is 5.32 Å². The van der Waals surface area contributed by atoms with Gasteiger partial charge < -0.3 is 14.8 Å². The number of rotatable bonds is 4. The van der Waals surface area contributed by atoms with Crippen molar-refractivity contribution in [3.63, 3.8) is 0 Å². The summed E-state index contributed by atoms with van der Waals surface area (Å²) in [5.41, 5.74) is 0.806. The lowest BCUT2D eigenvalue weighted by Crippen LogP contribution is -2.64. The average Bonchev–Trinajstić information content (AvgIpc) is 3.45. The fourth-order valence-corrected chi connectivity index (χ4v) is 6.34. The maximum absolute atomic E-state index is 13.6. The van der Waals surface area contributed by atoms with Crippen LogP contribution >= 0.6 is 22.7 Å². The molecule has 3 aromatic rings. The van der Waals surface area contributed by atoms with Crippen molar-refractivity contribution in [3.8, 4) is 0 Å². The molecule has 2 aliphatic rings. The van der Waals surface area contributed by atoms with Crippen molar-refractivity contribution >= 4 is 44.7 Å². The minimum atomic E-state index is -0.926. The Balaban J connectivity index is 1.50. The second kappa shape index (κ2) is 7.54. The smallest absolute Gasteiger partial charge is 0.271 e. The Kier molecular flexibility index (Phi) is 4.98. The molecule has 7 heteroatoms. The Morgan fingerprint density at radius 2 is 2.00 bits per heavy atom. The van der Waals surface area contributed by atoms with Crippen molar-refractivity contribution in [1.82, 2.24) is 14.8 Å². The molecule has 1 atom stereocenters. The summed E-state index contributed by atoms with van der Waals surface area (Å²) in [5.74, 6) is 0.636. The van der Waals surface area contributed by atoms with Gasteiger partial charge >= 0.3 is 0 Å². The molecule has 2 amide bonds. The summed E-state index contributed by atoms with van der Waals surface area (Å²) < 4.78 is 3.14. The Bertz CT molecular complexity index is 1080. The van der Waals surface area contributed by atoms with E-state index in [9.17, 15) is 9.59 Å². The summed E-state index contributed by atoms with van der Waals surface area (Å²) >= 11 is 3.26. The molecule has 0 saturated heterocycles. The topological polar surface area (TPSA) is 54.3 Å². The molecule has 1 fully saturated rings. The van der Waals surface area contributed by atoms with E-state index in [-0.39, 0.29) is 17.9 Å². The molecule has 3 aromatic heterocycles. The van der Waals surface area contributed by atoms with Gasteiger partial charge in [0.15, 0.2) is 0 Å². The number of hydrogen-bond donors (Lipinski definition) is 1. The Morgan fingerprint density at radius 1 is 1.20 bits per heavy atom. The van der Waals surface area contributed by atoms with Gasteiger partial charge in [0.1, 0.15) is 11.2 Å². The van der Waals surface area contributed by atoms with E-state index in [2.05, 4.69) is 12.2 Å². The highest BCUT2D eigenvalue weighted by atomic mass is 32.1. The summed E-state index contributed by atoms with van der Waals surface area (Å²) in [6.45, 7) is 5.15. The Hall–Kier alpha value is -2.12. The highest BCUT2D eigenvalue weighted by Crippen LogP contribution is 2.36. The zero-order chi connectivity index (χ0) is 20.9. The van der Waals surface area contributed by atoms with Crippen molar-refractivity contribution in [2.45, 2.75) is 64.2 Å². The van der Waals surface area contributed by atoms with E-state index in [0.29, 0.717) is 18.8 Å². The highest BCUT2D eigenvalue weighted by molar-refractivity contribution is 7.17. The number of fused-ring (bicyclic) bond motifs is 3. The van der Waals surface area contributed by atoms with Crippen LogP contribution in [0.4, 0.5) is 0 Å². The van der Waals surface area contributed by atoms with Crippen LogP contribution in [0.3, 0.4) is 0 Å². The molecular weight excluding hydrogens is 414 g/mol. The lowest BCUT2D eigenvalue weighted by atomic mass is 9.86. The summed E-state index contributed by atoms with van der Waals surface area (Å²) in [6.07, 6.45) is 4.34. The van der Waals surface area contributed by atoms with Gasteiger partial charge in [-0.3, -0.25) is 9.59 Å². The van der Waals surface area contributed by atoms with E-state index < -0.39 is 5.54 Å². The van der Waals surface area contributed by atoms with Crippen molar-refractivity contribution in [2.75, 3.05) is 0 Å². The van der Waals surface area contributed by atoms with E-state index >= 15 is 0 Å². The number of aromatic nitrogens is 1. The van der Waals surface area contributed by atoms with Crippen molar-refractivity contribution < 1.29 is 9.59 Å².